The van der Waals surface area contributed by atoms with Crippen LogP contribution in [0, 0.1) is 5.82 Å². The minimum absolute atomic E-state index is 0.0570. The van der Waals surface area contributed by atoms with Gasteiger partial charge in [0.2, 0.25) is 0 Å². The van der Waals surface area contributed by atoms with Gasteiger partial charge >= 0.3 is 5.97 Å². The van der Waals surface area contributed by atoms with Crippen molar-refractivity contribution in [3.8, 4) is 11.5 Å². The maximum absolute atomic E-state index is 13.0. The number of nitrogens with one attached hydrogen (secondary N) is 1. The van der Waals surface area contributed by atoms with Gasteiger partial charge in [-0.2, -0.15) is 0 Å². The number of aromatic carboxylic acids is 1. The van der Waals surface area contributed by atoms with Crippen molar-refractivity contribution in [1.82, 2.24) is 0 Å². The lowest BCUT2D eigenvalue weighted by atomic mass is 10.1. The number of anilines is 1. The molecule has 0 heterocycles. The molecule has 0 spiro atoms. The van der Waals surface area contributed by atoms with Gasteiger partial charge in [-0.05, 0) is 53.6 Å². The second-order valence-electron chi connectivity index (χ2n) is 6.25. The first-order valence-corrected chi connectivity index (χ1v) is 9.15. The van der Waals surface area contributed by atoms with Crippen LogP contribution in [0.25, 0.3) is 0 Å². The molecule has 0 radical (unpaired) electrons. The number of carboxylic acid groups (broad SMARTS) is 1. The zero-order valence-electron chi connectivity index (χ0n) is 15.6. The third-order valence-electron chi connectivity index (χ3n) is 4.23. The van der Waals surface area contributed by atoms with Gasteiger partial charge in [0.05, 0.1) is 17.7 Å². The molecule has 2 N–H and O–H groups in total. The Morgan fingerprint density at radius 2 is 1.76 bits per heavy atom. The van der Waals surface area contributed by atoms with E-state index in [1.165, 1.54) is 18.2 Å². The van der Waals surface area contributed by atoms with Crippen LogP contribution in [0.3, 0.4) is 0 Å². The van der Waals surface area contributed by atoms with Crippen LogP contribution in [0.2, 0.25) is 5.02 Å². The number of rotatable bonds is 8. The summed E-state index contributed by atoms with van der Waals surface area (Å²) in [4.78, 5) is 11.0. The zero-order chi connectivity index (χ0) is 20.8. The fourth-order valence-electron chi connectivity index (χ4n) is 2.69. The minimum Gasteiger partial charge on any atom is -0.493 e. The van der Waals surface area contributed by atoms with Crippen molar-refractivity contribution in [2.24, 2.45) is 0 Å². The van der Waals surface area contributed by atoms with Crippen molar-refractivity contribution >= 4 is 23.3 Å². The molecule has 0 aliphatic heterocycles. The standard InChI is InChI=1S/C22H19ClFNO4/c1-28-21-10-15(12-25-17-7-8-18(22(26)27)19(23)11-17)4-9-20(21)29-13-14-2-5-16(24)6-3-14/h2-11,25H,12-13H2,1H3,(H,26,27). The number of hydrogen-bond acceptors (Lipinski definition) is 4. The molecule has 5 nitrogen and oxygen atoms in total. The largest absolute Gasteiger partial charge is 0.493 e. The first kappa shape index (κ1) is 20.5. The first-order valence-electron chi connectivity index (χ1n) is 8.77. The van der Waals surface area contributed by atoms with Gasteiger partial charge in [-0.1, -0.05) is 29.8 Å². The minimum atomic E-state index is -1.07. The summed E-state index contributed by atoms with van der Waals surface area (Å²) in [5.41, 5.74) is 2.55. The summed E-state index contributed by atoms with van der Waals surface area (Å²) in [7, 11) is 1.56. The summed E-state index contributed by atoms with van der Waals surface area (Å²) in [6.07, 6.45) is 0. The first-order chi connectivity index (χ1) is 14.0. The topological polar surface area (TPSA) is 67.8 Å². The number of carboxylic acids is 1. The summed E-state index contributed by atoms with van der Waals surface area (Å²) < 4.78 is 24.2. The van der Waals surface area contributed by atoms with Crippen LogP contribution in [-0.2, 0) is 13.2 Å². The highest BCUT2D eigenvalue weighted by molar-refractivity contribution is 6.33. The summed E-state index contributed by atoms with van der Waals surface area (Å²) >= 11 is 5.99. The molecule has 3 rings (SSSR count). The predicted molar refractivity (Wildman–Crippen MR) is 109 cm³/mol. The highest BCUT2D eigenvalue weighted by Crippen LogP contribution is 2.29. The van der Waals surface area contributed by atoms with E-state index in [2.05, 4.69) is 5.32 Å². The Morgan fingerprint density at radius 1 is 1.03 bits per heavy atom. The van der Waals surface area contributed by atoms with Crippen LogP contribution in [0.4, 0.5) is 10.1 Å². The summed E-state index contributed by atoms with van der Waals surface area (Å²) in [6.45, 7) is 0.778. The fraction of sp³-hybridized carbons (Fsp3) is 0.136. The molecule has 0 fully saturated rings. The van der Waals surface area contributed by atoms with E-state index in [4.69, 9.17) is 26.2 Å². The fourth-order valence-corrected chi connectivity index (χ4v) is 2.95. The van der Waals surface area contributed by atoms with Crippen LogP contribution in [-0.4, -0.2) is 18.2 Å². The predicted octanol–water partition coefficient (Wildman–Crippen LogP) is 5.38. The lowest BCUT2D eigenvalue weighted by Gasteiger charge is -2.13. The van der Waals surface area contributed by atoms with E-state index < -0.39 is 5.97 Å². The van der Waals surface area contributed by atoms with Crippen LogP contribution in [0.1, 0.15) is 21.5 Å². The zero-order valence-corrected chi connectivity index (χ0v) is 16.4. The molecular formula is C22H19ClFNO4. The molecule has 29 heavy (non-hydrogen) atoms. The van der Waals surface area contributed by atoms with Gasteiger partial charge in [0.1, 0.15) is 12.4 Å². The van der Waals surface area contributed by atoms with Gasteiger partial charge in [0.25, 0.3) is 0 Å². The molecule has 3 aromatic carbocycles. The molecule has 0 aliphatic carbocycles. The molecule has 0 aliphatic rings. The van der Waals surface area contributed by atoms with E-state index in [0.29, 0.717) is 30.3 Å². The molecule has 0 amide bonds. The number of ether oxygens (including phenoxy) is 2. The van der Waals surface area contributed by atoms with Crippen molar-refractivity contribution in [3.63, 3.8) is 0 Å². The quantitative estimate of drug-likeness (QED) is 0.517. The molecule has 0 saturated carbocycles. The van der Waals surface area contributed by atoms with Crippen molar-refractivity contribution in [3.05, 3.63) is 88.2 Å². The molecule has 0 bridgehead atoms. The Kier molecular flexibility index (Phi) is 6.57. The second-order valence-corrected chi connectivity index (χ2v) is 6.66. The van der Waals surface area contributed by atoms with Crippen LogP contribution >= 0.6 is 11.6 Å². The van der Waals surface area contributed by atoms with Crippen LogP contribution in [0.5, 0.6) is 11.5 Å². The summed E-state index contributed by atoms with van der Waals surface area (Å²) in [5, 5.41) is 12.4. The average Bonchev–Trinajstić information content (AvgIpc) is 2.72. The maximum Gasteiger partial charge on any atom is 0.337 e. The number of methoxy groups -OCH3 is 1. The molecule has 3 aromatic rings. The summed E-state index contributed by atoms with van der Waals surface area (Å²) in [6, 6.07) is 16.3. The van der Waals surface area contributed by atoms with E-state index in [1.54, 1.807) is 37.4 Å². The average molecular weight is 416 g/mol. The van der Waals surface area contributed by atoms with E-state index in [0.717, 1.165) is 11.1 Å². The van der Waals surface area contributed by atoms with Crippen molar-refractivity contribution in [2.45, 2.75) is 13.2 Å². The monoisotopic (exact) mass is 415 g/mol. The molecule has 150 valence electrons. The molecule has 7 heteroatoms. The lowest BCUT2D eigenvalue weighted by molar-refractivity contribution is 0.0697. The third kappa shape index (κ3) is 5.39. The van der Waals surface area contributed by atoms with Crippen LogP contribution in [0.15, 0.2) is 60.7 Å². The molecule has 0 unspecified atom stereocenters. The Balaban J connectivity index is 1.64. The Bertz CT molecular complexity index is 1010. The summed E-state index contributed by atoms with van der Waals surface area (Å²) in [5.74, 6) is -0.204. The Hall–Kier alpha value is -3.25. The number of benzene rings is 3. The number of hydrogen-bond donors (Lipinski definition) is 2. The van der Waals surface area contributed by atoms with E-state index in [1.807, 2.05) is 12.1 Å². The molecule has 0 aromatic heterocycles. The Labute approximate surface area is 172 Å². The smallest absolute Gasteiger partial charge is 0.337 e. The van der Waals surface area contributed by atoms with E-state index >= 15 is 0 Å². The SMILES string of the molecule is COc1cc(CNc2ccc(C(=O)O)c(Cl)c2)ccc1OCc1ccc(F)cc1. The number of carbonyl (C=O) groups is 1. The van der Waals surface area contributed by atoms with Gasteiger partial charge in [0.15, 0.2) is 11.5 Å². The molecular weight excluding hydrogens is 397 g/mol. The lowest BCUT2D eigenvalue weighted by Crippen LogP contribution is -2.03. The van der Waals surface area contributed by atoms with E-state index in [9.17, 15) is 9.18 Å². The van der Waals surface area contributed by atoms with Crippen molar-refractivity contribution in [2.75, 3.05) is 12.4 Å². The maximum atomic E-state index is 13.0. The number of halogens is 2. The Morgan fingerprint density at radius 3 is 2.41 bits per heavy atom. The van der Waals surface area contributed by atoms with Gasteiger partial charge in [0, 0.05) is 12.2 Å². The van der Waals surface area contributed by atoms with Gasteiger partial charge < -0.3 is 19.9 Å². The van der Waals surface area contributed by atoms with Crippen molar-refractivity contribution < 1.29 is 23.8 Å². The third-order valence-corrected chi connectivity index (χ3v) is 4.54. The highest BCUT2D eigenvalue weighted by Gasteiger charge is 2.10. The van der Waals surface area contributed by atoms with Crippen molar-refractivity contribution in [1.29, 1.82) is 0 Å². The van der Waals surface area contributed by atoms with Gasteiger partial charge in [-0.15, -0.1) is 0 Å². The van der Waals surface area contributed by atoms with Crippen LogP contribution < -0.4 is 14.8 Å². The van der Waals surface area contributed by atoms with E-state index in [-0.39, 0.29) is 16.4 Å². The molecule has 0 atom stereocenters. The van der Waals surface area contributed by atoms with Gasteiger partial charge in [-0.25, -0.2) is 9.18 Å². The normalized spacial score (nSPS) is 10.4. The second kappa shape index (κ2) is 9.30. The molecule has 0 saturated heterocycles. The highest BCUT2D eigenvalue weighted by atomic mass is 35.5. The van der Waals surface area contributed by atoms with Gasteiger partial charge in [-0.3, -0.25) is 0 Å².